The van der Waals surface area contributed by atoms with Crippen molar-refractivity contribution in [2.75, 3.05) is 25.9 Å². The van der Waals surface area contributed by atoms with Gasteiger partial charge in [-0.2, -0.15) is 13.2 Å². The summed E-state index contributed by atoms with van der Waals surface area (Å²) in [5.74, 6) is -1.45. The highest BCUT2D eigenvalue weighted by atomic mass is 35.5. The average molecular weight is 541 g/mol. The van der Waals surface area contributed by atoms with Gasteiger partial charge in [0.2, 0.25) is 0 Å². The fourth-order valence-electron chi connectivity index (χ4n) is 4.48. The van der Waals surface area contributed by atoms with Gasteiger partial charge in [0.05, 0.1) is 21.2 Å². The summed E-state index contributed by atoms with van der Waals surface area (Å²) in [5.41, 5.74) is 5.93. The second-order valence-electron chi connectivity index (χ2n) is 8.76. The summed E-state index contributed by atoms with van der Waals surface area (Å²) in [6.07, 6.45) is -3.36. The predicted octanol–water partition coefficient (Wildman–Crippen LogP) is 5.87. The zero-order chi connectivity index (χ0) is 26.2. The number of nitrogens with two attached hydrogens (primary N) is 1. The van der Waals surface area contributed by atoms with Crippen LogP contribution in [0.25, 0.3) is 0 Å². The smallest absolute Gasteiger partial charge is 0.384 e. The lowest BCUT2D eigenvalue weighted by Crippen LogP contribution is -2.38. The molecule has 1 fully saturated rings. The van der Waals surface area contributed by atoms with E-state index in [4.69, 9.17) is 28.9 Å². The lowest BCUT2D eigenvalue weighted by molar-refractivity contribution is -0.140. The number of alkyl halides is 3. The first-order chi connectivity index (χ1) is 16.9. The topological polar surface area (TPSA) is 62.5 Å². The third kappa shape index (κ3) is 5.58. The molecule has 1 aliphatic heterocycles. The van der Waals surface area contributed by atoms with Gasteiger partial charge in [0.1, 0.15) is 11.6 Å². The Morgan fingerprint density at radius 1 is 1.11 bits per heavy atom. The molecule has 5 nitrogen and oxygen atoms in total. The van der Waals surface area contributed by atoms with Crippen LogP contribution in [0.5, 0.6) is 0 Å². The van der Waals surface area contributed by atoms with Crippen molar-refractivity contribution >= 4 is 34.9 Å². The second kappa shape index (κ2) is 10.2. The van der Waals surface area contributed by atoms with E-state index in [9.17, 15) is 22.4 Å². The number of hydrogen-bond donors (Lipinski definition) is 1. The van der Waals surface area contributed by atoms with Gasteiger partial charge >= 0.3 is 6.18 Å². The fraction of sp³-hybridized carbons (Fsp3) is 0.280. The van der Waals surface area contributed by atoms with Gasteiger partial charge in [0, 0.05) is 37.8 Å². The van der Waals surface area contributed by atoms with E-state index < -0.39 is 17.6 Å². The first kappa shape index (κ1) is 26.2. The van der Waals surface area contributed by atoms with E-state index in [-0.39, 0.29) is 24.4 Å². The quantitative estimate of drug-likeness (QED) is 0.411. The van der Waals surface area contributed by atoms with Crippen LogP contribution in [0.1, 0.15) is 33.0 Å². The predicted molar refractivity (Wildman–Crippen MR) is 130 cm³/mol. The number of likely N-dealkylation sites (N-methyl/N-ethyl adjacent to an activating group) is 1. The van der Waals surface area contributed by atoms with Crippen molar-refractivity contribution in [2.45, 2.75) is 24.7 Å². The van der Waals surface area contributed by atoms with Crippen molar-refractivity contribution < 1.29 is 22.4 Å². The van der Waals surface area contributed by atoms with Crippen LogP contribution in [0, 0.1) is 5.82 Å². The van der Waals surface area contributed by atoms with E-state index in [1.807, 2.05) is 11.0 Å². The van der Waals surface area contributed by atoms with Crippen molar-refractivity contribution in [3.63, 3.8) is 0 Å². The molecule has 190 valence electrons. The zero-order valence-electron chi connectivity index (χ0n) is 19.1. The standard InChI is InChI=1S/C25H22Cl2F4N4O/c1-34(11-14-2-5-18(21(28)8-14)25(29,30)31)22-13-35(24(36)16-4-7-23(32)33-10-16)12-17(22)15-3-6-19(26)20(27)9-15/h2-10,17,22H,11-13H2,1H3,(H2,32,33)/t17-,22?/m1/s1. The van der Waals surface area contributed by atoms with E-state index in [1.54, 1.807) is 36.2 Å². The molecule has 2 atom stereocenters. The summed E-state index contributed by atoms with van der Waals surface area (Å²) in [6, 6.07) is 11.0. The molecule has 11 heteroatoms. The fourth-order valence-corrected chi connectivity index (χ4v) is 4.78. The molecular formula is C25H22Cl2F4N4O. The summed E-state index contributed by atoms with van der Waals surface area (Å²) < 4.78 is 53.0. The van der Waals surface area contributed by atoms with E-state index in [2.05, 4.69) is 4.98 Å². The van der Waals surface area contributed by atoms with Gasteiger partial charge in [-0.05, 0) is 54.6 Å². The molecule has 36 heavy (non-hydrogen) atoms. The Balaban J connectivity index is 1.61. The van der Waals surface area contributed by atoms with Crippen LogP contribution in [0.2, 0.25) is 10.0 Å². The van der Waals surface area contributed by atoms with E-state index >= 15 is 0 Å². The van der Waals surface area contributed by atoms with Gasteiger partial charge < -0.3 is 10.6 Å². The molecule has 1 amide bonds. The van der Waals surface area contributed by atoms with Crippen LogP contribution in [0.15, 0.2) is 54.7 Å². The maximum Gasteiger partial charge on any atom is 0.419 e. The van der Waals surface area contributed by atoms with Gasteiger partial charge in [-0.15, -0.1) is 0 Å². The molecule has 0 radical (unpaired) electrons. The third-order valence-corrected chi connectivity index (χ3v) is 7.06. The molecule has 1 saturated heterocycles. The number of aromatic nitrogens is 1. The van der Waals surface area contributed by atoms with E-state index in [1.165, 1.54) is 12.3 Å². The third-order valence-electron chi connectivity index (χ3n) is 6.32. The minimum atomic E-state index is -4.77. The van der Waals surface area contributed by atoms with Crippen molar-refractivity contribution in [3.8, 4) is 0 Å². The maximum atomic E-state index is 14.1. The number of nitrogen functional groups attached to an aromatic ring is 1. The Morgan fingerprint density at radius 2 is 1.86 bits per heavy atom. The minimum absolute atomic E-state index is 0.170. The number of benzene rings is 2. The van der Waals surface area contributed by atoms with Crippen molar-refractivity contribution in [1.29, 1.82) is 0 Å². The average Bonchev–Trinajstić information content (AvgIpc) is 3.26. The van der Waals surface area contributed by atoms with Crippen LogP contribution < -0.4 is 5.73 Å². The molecule has 3 aromatic rings. The van der Waals surface area contributed by atoms with Crippen molar-refractivity contribution in [1.82, 2.24) is 14.8 Å². The Bertz CT molecular complexity index is 1270. The van der Waals surface area contributed by atoms with Gasteiger partial charge in [-0.25, -0.2) is 9.37 Å². The number of nitrogens with zero attached hydrogens (tertiary/aromatic N) is 3. The number of halogens is 6. The Hall–Kier alpha value is -2.88. The molecule has 0 saturated carbocycles. The largest absolute Gasteiger partial charge is 0.419 e. The van der Waals surface area contributed by atoms with E-state index in [0.29, 0.717) is 40.1 Å². The number of carbonyl (C=O) groups excluding carboxylic acids is 1. The molecule has 1 aliphatic rings. The van der Waals surface area contributed by atoms with Gasteiger partial charge in [0.15, 0.2) is 0 Å². The summed E-state index contributed by atoms with van der Waals surface area (Å²) >= 11 is 12.3. The Labute approximate surface area is 215 Å². The number of pyridine rings is 1. The monoisotopic (exact) mass is 540 g/mol. The summed E-state index contributed by atoms with van der Waals surface area (Å²) in [7, 11) is 1.78. The Kier molecular flexibility index (Phi) is 7.45. The second-order valence-corrected chi connectivity index (χ2v) is 9.57. The molecule has 2 N–H and O–H groups in total. The number of likely N-dealkylation sites (tertiary alicyclic amines) is 1. The van der Waals surface area contributed by atoms with Gasteiger partial charge in [-0.3, -0.25) is 9.69 Å². The highest BCUT2D eigenvalue weighted by Gasteiger charge is 2.39. The first-order valence-corrected chi connectivity index (χ1v) is 11.7. The highest BCUT2D eigenvalue weighted by molar-refractivity contribution is 6.42. The number of carbonyl (C=O) groups is 1. The van der Waals surface area contributed by atoms with Crippen LogP contribution in [-0.4, -0.2) is 46.9 Å². The number of hydrogen-bond acceptors (Lipinski definition) is 4. The number of anilines is 1. The Morgan fingerprint density at radius 3 is 2.47 bits per heavy atom. The summed E-state index contributed by atoms with van der Waals surface area (Å²) in [6.45, 7) is 0.855. The summed E-state index contributed by atoms with van der Waals surface area (Å²) in [4.78, 5) is 20.7. The highest BCUT2D eigenvalue weighted by Crippen LogP contribution is 2.36. The molecule has 2 heterocycles. The van der Waals surface area contributed by atoms with Crippen LogP contribution >= 0.6 is 23.2 Å². The SMILES string of the molecule is CN(Cc1ccc(C(F)(F)F)c(F)c1)C1CN(C(=O)c2ccc(N)nc2)C[C@@H]1c1ccc(Cl)c(Cl)c1. The van der Waals surface area contributed by atoms with Crippen LogP contribution in [0.3, 0.4) is 0 Å². The van der Waals surface area contributed by atoms with Crippen molar-refractivity contribution in [2.24, 2.45) is 0 Å². The lowest BCUT2D eigenvalue weighted by Gasteiger charge is -2.29. The van der Waals surface area contributed by atoms with Gasteiger partial charge in [0.25, 0.3) is 5.91 Å². The molecule has 0 bridgehead atoms. The zero-order valence-corrected chi connectivity index (χ0v) is 20.6. The molecule has 0 spiro atoms. The molecule has 0 aliphatic carbocycles. The van der Waals surface area contributed by atoms with Crippen LogP contribution in [0.4, 0.5) is 23.4 Å². The first-order valence-electron chi connectivity index (χ1n) is 11.0. The number of rotatable bonds is 5. The molecule has 4 rings (SSSR count). The van der Waals surface area contributed by atoms with Gasteiger partial charge in [-0.1, -0.05) is 35.3 Å². The normalized spacial score (nSPS) is 18.2. The lowest BCUT2D eigenvalue weighted by atomic mass is 9.93. The molecule has 1 unspecified atom stereocenters. The summed E-state index contributed by atoms with van der Waals surface area (Å²) in [5, 5.41) is 0.761. The number of amides is 1. The van der Waals surface area contributed by atoms with E-state index in [0.717, 1.165) is 17.7 Å². The van der Waals surface area contributed by atoms with Crippen LogP contribution in [-0.2, 0) is 12.7 Å². The molecule has 1 aromatic heterocycles. The minimum Gasteiger partial charge on any atom is -0.384 e. The molecular weight excluding hydrogens is 519 g/mol. The maximum absolute atomic E-state index is 14.1. The molecule has 2 aromatic carbocycles. The van der Waals surface area contributed by atoms with Crippen molar-refractivity contribution in [3.05, 3.63) is 92.8 Å².